The lowest BCUT2D eigenvalue weighted by Gasteiger charge is -2.47. The van der Waals surface area contributed by atoms with Crippen LogP contribution in [0.4, 0.5) is 10.6 Å². The molecule has 0 unspecified atom stereocenters. The van der Waals surface area contributed by atoms with Gasteiger partial charge in [-0.1, -0.05) is 34.6 Å². The molecule has 0 spiro atoms. The lowest BCUT2D eigenvalue weighted by atomic mass is 9.73. The summed E-state index contributed by atoms with van der Waals surface area (Å²) in [7, 11) is 3.42. The van der Waals surface area contributed by atoms with Gasteiger partial charge in [-0.25, -0.2) is 14.8 Å². The number of aromatic nitrogens is 3. The Balaban J connectivity index is 1.43. The summed E-state index contributed by atoms with van der Waals surface area (Å²) in [5, 5.41) is 11.6. The van der Waals surface area contributed by atoms with E-state index in [9.17, 15) is 24.3 Å². The number of anilines is 1. The second-order valence-corrected chi connectivity index (χ2v) is 17.7. The van der Waals surface area contributed by atoms with Crippen molar-refractivity contribution in [2.45, 2.75) is 155 Å². The van der Waals surface area contributed by atoms with Gasteiger partial charge < -0.3 is 48.9 Å². The predicted molar refractivity (Wildman–Crippen MR) is 223 cm³/mol. The first-order chi connectivity index (χ1) is 28.3. The summed E-state index contributed by atoms with van der Waals surface area (Å²) in [5.74, 6) is -4.57. The van der Waals surface area contributed by atoms with Gasteiger partial charge in [0.25, 0.3) is 0 Å². The van der Waals surface area contributed by atoms with Crippen LogP contribution in [0.2, 0.25) is 0 Å². The van der Waals surface area contributed by atoms with E-state index in [-0.39, 0.29) is 37.3 Å². The van der Waals surface area contributed by atoms with Crippen molar-refractivity contribution in [3.05, 3.63) is 30.9 Å². The molecule has 0 saturated carbocycles. The van der Waals surface area contributed by atoms with Crippen molar-refractivity contribution >= 4 is 29.4 Å². The summed E-state index contributed by atoms with van der Waals surface area (Å²) in [6.07, 6.45) is 2.53. The van der Waals surface area contributed by atoms with E-state index in [4.69, 9.17) is 29.4 Å². The van der Waals surface area contributed by atoms with Gasteiger partial charge in [0.1, 0.15) is 29.7 Å². The van der Waals surface area contributed by atoms with Gasteiger partial charge in [0, 0.05) is 62.0 Å². The van der Waals surface area contributed by atoms with Crippen LogP contribution in [-0.2, 0) is 44.6 Å². The number of methoxy groups -OCH3 is 1. The third kappa shape index (κ3) is 9.72. The second kappa shape index (κ2) is 19.4. The smallest absolute Gasteiger partial charge is 0.410 e. The molecule has 13 atom stereocenters. The standard InChI is InChI=1S/C44H68N6O10/c1-12-33-44(9)38(50(42(55)60-44)19-15-14-18-49-23-31(47-24-49)30-16-17-34(45)46-22-30)27(5)35(51)25(3)21-43(8,56-11)39(28(6)36(52)29(7)40(54)58-33)59-41-37(53)32(48(10)13-2)20-26(4)57-41/h16-17,22-29,32-33,37-39,41,53H,12-15,18-21H2,1-11H3,(H2,45,46)/t25-,26-,27+,28+,29-,32+,33-,37-,38+,39-,41+,43-,44-/m1/s1. The molecule has 16 nitrogen and oxygen atoms in total. The zero-order valence-electron chi connectivity index (χ0n) is 37.3. The third-order valence-corrected chi connectivity index (χ3v) is 13.3. The first-order valence-electron chi connectivity index (χ1n) is 21.6. The molecule has 60 heavy (non-hydrogen) atoms. The van der Waals surface area contributed by atoms with Crippen molar-refractivity contribution in [3.63, 3.8) is 0 Å². The van der Waals surface area contributed by atoms with Gasteiger partial charge in [-0.2, -0.15) is 0 Å². The number of cyclic esters (lactones) is 1. The second-order valence-electron chi connectivity index (χ2n) is 17.7. The van der Waals surface area contributed by atoms with Gasteiger partial charge in [0.2, 0.25) is 0 Å². The first kappa shape index (κ1) is 47.1. The number of unbranched alkanes of at least 4 members (excludes halogenated alkanes) is 1. The fraction of sp³-hybridized carbons (Fsp3) is 0.727. The number of likely N-dealkylation sites (N-methyl/N-ethyl adjacent to an activating group) is 1. The molecule has 334 valence electrons. The van der Waals surface area contributed by atoms with E-state index in [1.54, 1.807) is 51.2 Å². The molecule has 5 rings (SSSR count). The summed E-state index contributed by atoms with van der Waals surface area (Å²) in [5.41, 5.74) is 4.66. The maximum Gasteiger partial charge on any atom is 0.410 e. The van der Waals surface area contributed by atoms with Crippen LogP contribution in [0.25, 0.3) is 11.3 Å². The van der Waals surface area contributed by atoms with Crippen molar-refractivity contribution in [2.24, 2.45) is 23.7 Å². The lowest BCUT2D eigenvalue weighted by Crippen LogP contribution is -2.60. The van der Waals surface area contributed by atoms with Crippen LogP contribution < -0.4 is 5.73 Å². The summed E-state index contributed by atoms with van der Waals surface area (Å²) >= 11 is 0. The maximum atomic E-state index is 14.8. The van der Waals surface area contributed by atoms with Crippen LogP contribution >= 0.6 is 0 Å². The van der Waals surface area contributed by atoms with Crippen molar-refractivity contribution in [1.29, 1.82) is 0 Å². The Labute approximate surface area is 354 Å². The van der Waals surface area contributed by atoms with Crippen LogP contribution in [0, 0.1) is 23.7 Å². The molecule has 2 aromatic heterocycles. The quantitative estimate of drug-likeness (QED) is 0.166. The summed E-state index contributed by atoms with van der Waals surface area (Å²) in [6, 6.07) is 2.52. The number of aliphatic hydroxyl groups is 1. The minimum absolute atomic E-state index is 0.124. The molecule has 3 N–H and O–H groups in total. The highest BCUT2D eigenvalue weighted by atomic mass is 16.7. The fourth-order valence-corrected chi connectivity index (χ4v) is 9.63. The molecule has 0 aliphatic carbocycles. The van der Waals surface area contributed by atoms with E-state index in [0.717, 1.165) is 11.3 Å². The predicted octanol–water partition coefficient (Wildman–Crippen LogP) is 4.90. The Kier molecular flexibility index (Phi) is 15.2. The molecule has 0 aromatic carbocycles. The minimum atomic E-state index is -1.41. The number of hydrogen-bond acceptors (Lipinski definition) is 14. The monoisotopic (exact) mass is 840 g/mol. The average Bonchev–Trinajstić information content (AvgIpc) is 3.80. The van der Waals surface area contributed by atoms with Crippen molar-refractivity contribution < 1.29 is 48.0 Å². The van der Waals surface area contributed by atoms with Gasteiger partial charge in [-0.15, -0.1) is 0 Å². The highest BCUT2D eigenvalue weighted by molar-refractivity contribution is 6.00. The molecule has 1 amide bonds. The molecule has 0 bridgehead atoms. The van der Waals surface area contributed by atoms with E-state index in [0.29, 0.717) is 38.2 Å². The number of imidazole rings is 1. The van der Waals surface area contributed by atoms with Crippen LogP contribution in [0.3, 0.4) is 0 Å². The topological polar surface area (TPSA) is 198 Å². The van der Waals surface area contributed by atoms with Gasteiger partial charge >= 0.3 is 12.1 Å². The maximum absolute atomic E-state index is 14.8. The number of ether oxygens (including phenoxy) is 5. The van der Waals surface area contributed by atoms with Crippen LogP contribution in [0.15, 0.2) is 30.9 Å². The molecule has 2 aromatic rings. The Hall–Kier alpha value is -3.96. The number of esters is 1. The lowest BCUT2D eigenvalue weighted by molar-refractivity contribution is -0.296. The number of rotatable bonds is 12. The Morgan fingerprint density at radius 2 is 1.70 bits per heavy atom. The van der Waals surface area contributed by atoms with E-state index in [1.807, 2.05) is 56.5 Å². The number of carbonyl (C=O) groups is 4. The summed E-state index contributed by atoms with van der Waals surface area (Å²) < 4.78 is 33.3. The SMILES string of the molecule is CC[C@H]1OC(=O)[C@H](C)C(=O)[C@H](C)[C@@H](O[C@@H]2O[C@H](C)C[C@H](N(C)CC)[C@H]2O)[C@](C)(OC)C[C@@H](C)C(=O)[C@H](C)[C@@H]2N(CCCCn3cnc(-c4ccc(N)nc4)c3)C(=O)O[C@@]21C. The number of fused-ring (bicyclic) bond motifs is 1. The molecule has 3 aliphatic rings. The summed E-state index contributed by atoms with van der Waals surface area (Å²) in [6.45, 7) is 17.6. The molecular weight excluding hydrogens is 773 g/mol. The number of ketones is 2. The first-order valence-corrected chi connectivity index (χ1v) is 21.6. The molecule has 3 saturated heterocycles. The highest BCUT2D eigenvalue weighted by Gasteiger charge is 2.60. The highest BCUT2D eigenvalue weighted by Crippen LogP contribution is 2.43. The number of aryl methyl sites for hydroxylation is 1. The van der Waals surface area contributed by atoms with Gasteiger partial charge in [0.05, 0.1) is 35.9 Å². The molecule has 16 heteroatoms. The summed E-state index contributed by atoms with van der Waals surface area (Å²) in [4.78, 5) is 69.3. The number of amides is 1. The molecule has 5 heterocycles. The van der Waals surface area contributed by atoms with Crippen LogP contribution in [0.1, 0.15) is 94.4 Å². The van der Waals surface area contributed by atoms with Crippen LogP contribution in [-0.4, -0.2) is 134 Å². The zero-order chi connectivity index (χ0) is 44.3. The van der Waals surface area contributed by atoms with Gasteiger partial charge in [-0.3, -0.25) is 14.4 Å². The van der Waals surface area contributed by atoms with Crippen molar-refractivity contribution in [1.82, 2.24) is 24.3 Å². The van der Waals surface area contributed by atoms with Crippen molar-refractivity contribution in [2.75, 3.05) is 33.0 Å². The number of aliphatic hydroxyl groups excluding tert-OH is 1. The van der Waals surface area contributed by atoms with Crippen molar-refractivity contribution in [3.8, 4) is 11.3 Å². The van der Waals surface area contributed by atoms with Crippen LogP contribution in [0.5, 0.6) is 0 Å². The molecule has 0 radical (unpaired) electrons. The third-order valence-electron chi connectivity index (χ3n) is 13.3. The number of hydrogen-bond donors (Lipinski definition) is 2. The number of carbonyl (C=O) groups excluding carboxylic acids is 4. The fourth-order valence-electron chi connectivity index (χ4n) is 9.63. The number of nitrogen functional groups attached to an aromatic ring is 1. The van der Waals surface area contributed by atoms with E-state index in [1.165, 1.54) is 14.0 Å². The number of nitrogens with two attached hydrogens (primary N) is 1. The number of Topliss-reactive ketones (excluding diaryl/α,β-unsaturated/α-hetero) is 2. The number of nitrogens with zero attached hydrogens (tertiary/aromatic N) is 5. The van der Waals surface area contributed by atoms with E-state index < -0.39 is 83.4 Å². The molecular formula is C44H68N6O10. The average molecular weight is 841 g/mol. The minimum Gasteiger partial charge on any atom is -0.458 e. The molecule has 3 aliphatic heterocycles. The largest absolute Gasteiger partial charge is 0.458 e. The zero-order valence-corrected chi connectivity index (χ0v) is 37.3. The van der Waals surface area contributed by atoms with E-state index >= 15 is 0 Å². The Morgan fingerprint density at radius 3 is 2.33 bits per heavy atom. The molecule has 3 fully saturated rings. The normalized spacial score (nSPS) is 35.9. The Morgan fingerprint density at radius 1 is 1.00 bits per heavy atom. The van der Waals surface area contributed by atoms with Gasteiger partial charge in [-0.05, 0) is 85.5 Å². The van der Waals surface area contributed by atoms with Gasteiger partial charge in [0.15, 0.2) is 17.7 Å². The Bertz CT molecular complexity index is 1810. The number of pyridine rings is 1. The van der Waals surface area contributed by atoms with E-state index in [2.05, 4.69) is 9.97 Å².